The van der Waals surface area contributed by atoms with Crippen LogP contribution in [-0.2, 0) is 24.0 Å². The second-order valence-electron chi connectivity index (χ2n) is 4.89. The minimum absolute atomic E-state index is 0.0971. The number of rotatable bonds is 11. The first-order chi connectivity index (χ1) is 11.6. The standard InChI is InChI=1S/C13H22N4O6S2/c1-8(18)15-6-17(11(21)3-14)13(5-24,12(22)23)10(20)4-25-7-16-9(2)19/h24H,3-7,14H2,1-2H3,(H,15,18)(H,16,19)(H,22,23)/t13-/m0/s1. The number of Topliss-reactive ketones (excluding diaryl/α,β-unsaturated/α-hetero) is 1. The van der Waals surface area contributed by atoms with E-state index in [1.165, 1.54) is 13.8 Å². The van der Waals surface area contributed by atoms with Gasteiger partial charge in [0.1, 0.15) is 0 Å². The lowest BCUT2D eigenvalue weighted by molar-refractivity contribution is -0.162. The summed E-state index contributed by atoms with van der Waals surface area (Å²) >= 11 is 4.92. The van der Waals surface area contributed by atoms with Crippen LogP contribution in [0.2, 0.25) is 0 Å². The van der Waals surface area contributed by atoms with E-state index in [0.29, 0.717) is 4.90 Å². The Labute approximate surface area is 154 Å². The first-order valence-corrected chi connectivity index (χ1v) is 8.86. The zero-order valence-corrected chi connectivity index (χ0v) is 15.6. The molecule has 0 unspecified atom stereocenters. The molecule has 0 aliphatic rings. The lowest BCUT2D eigenvalue weighted by Crippen LogP contribution is -2.67. The van der Waals surface area contributed by atoms with Crippen LogP contribution in [0.1, 0.15) is 13.8 Å². The fourth-order valence-corrected chi connectivity index (χ4v) is 3.09. The summed E-state index contributed by atoms with van der Waals surface area (Å²) in [6.07, 6.45) is 0. The molecule has 0 aromatic rings. The number of nitrogens with zero attached hydrogens (tertiary/aromatic N) is 1. The van der Waals surface area contributed by atoms with Crippen LogP contribution in [0.15, 0.2) is 0 Å². The maximum Gasteiger partial charge on any atom is 0.338 e. The number of nitrogens with two attached hydrogens (primary N) is 1. The molecular formula is C13H22N4O6S2. The van der Waals surface area contributed by atoms with Crippen molar-refractivity contribution in [3.8, 4) is 0 Å². The third kappa shape index (κ3) is 6.55. The summed E-state index contributed by atoms with van der Waals surface area (Å²) < 4.78 is 0. The highest BCUT2D eigenvalue weighted by molar-refractivity contribution is 7.99. The van der Waals surface area contributed by atoms with Crippen LogP contribution in [0.3, 0.4) is 0 Å². The number of carboxylic acids is 1. The van der Waals surface area contributed by atoms with Crippen molar-refractivity contribution in [2.45, 2.75) is 19.4 Å². The van der Waals surface area contributed by atoms with E-state index in [1.54, 1.807) is 0 Å². The third-order valence-electron chi connectivity index (χ3n) is 3.12. The Hall–Kier alpha value is -1.79. The highest BCUT2D eigenvalue weighted by atomic mass is 32.2. The summed E-state index contributed by atoms with van der Waals surface area (Å²) in [5.74, 6) is -4.73. The Balaban J connectivity index is 5.52. The molecule has 3 amide bonds. The summed E-state index contributed by atoms with van der Waals surface area (Å²) in [6, 6.07) is 0. The van der Waals surface area contributed by atoms with E-state index in [0.717, 1.165) is 11.8 Å². The van der Waals surface area contributed by atoms with Crippen molar-refractivity contribution < 1.29 is 29.1 Å². The Kier molecular flexibility index (Phi) is 10.2. The van der Waals surface area contributed by atoms with Crippen LogP contribution in [-0.4, -0.2) is 75.6 Å². The Morgan fingerprint density at radius 1 is 1.16 bits per heavy atom. The van der Waals surface area contributed by atoms with Gasteiger partial charge in [-0.3, -0.25) is 19.2 Å². The normalized spacial score (nSPS) is 12.6. The van der Waals surface area contributed by atoms with Gasteiger partial charge in [0.2, 0.25) is 23.3 Å². The Morgan fingerprint density at radius 3 is 2.12 bits per heavy atom. The van der Waals surface area contributed by atoms with Crippen molar-refractivity contribution >= 4 is 53.9 Å². The van der Waals surface area contributed by atoms with Gasteiger partial charge >= 0.3 is 5.97 Å². The fourth-order valence-electron chi connectivity index (χ4n) is 1.78. The summed E-state index contributed by atoms with van der Waals surface area (Å²) in [5.41, 5.74) is 3.01. The highest BCUT2D eigenvalue weighted by Gasteiger charge is 2.51. The molecule has 0 saturated heterocycles. The van der Waals surface area contributed by atoms with Crippen LogP contribution in [0, 0.1) is 0 Å². The van der Waals surface area contributed by atoms with Gasteiger partial charge in [-0.05, 0) is 0 Å². The molecule has 142 valence electrons. The second kappa shape index (κ2) is 10.9. The molecule has 0 heterocycles. The van der Waals surface area contributed by atoms with Crippen molar-refractivity contribution in [3.63, 3.8) is 0 Å². The van der Waals surface area contributed by atoms with Crippen LogP contribution >= 0.6 is 24.4 Å². The molecule has 0 aliphatic carbocycles. The molecule has 0 radical (unpaired) electrons. The molecule has 5 N–H and O–H groups in total. The SMILES string of the molecule is CC(=O)NCSCC(=O)[C@@](CS)(C(=O)O)N(CNC(C)=O)C(=O)CN. The number of carbonyl (C=O) groups excluding carboxylic acids is 4. The molecule has 0 aromatic heterocycles. The number of amides is 3. The number of ketones is 1. The van der Waals surface area contributed by atoms with Gasteiger partial charge in [0.15, 0.2) is 5.78 Å². The van der Waals surface area contributed by atoms with E-state index in [1.807, 2.05) is 0 Å². The molecule has 0 saturated carbocycles. The molecule has 1 atom stereocenters. The van der Waals surface area contributed by atoms with Crippen LogP contribution in [0.4, 0.5) is 0 Å². The van der Waals surface area contributed by atoms with Gasteiger partial charge in [-0.25, -0.2) is 4.79 Å². The number of thiol groups is 1. The molecule has 0 bridgehead atoms. The quantitative estimate of drug-likeness (QED) is 0.117. The lowest BCUT2D eigenvalue weighted by Gasteiger charge is -2.38. The Bertz CT molecular complexity index is 545. The van der Waals surface area contributed by atoms with Crippen molar-refractivity contribution in [2.24, 2.45) is 5.73 Å². The highest BCUT2D eigenvalue weighted by Crippen LogP contribution is 2.22. The van der Waals surface area contributed by atoms with Gasteiger partial charge in [0.25, 0.3) is 0 Å². The Morgan fingerprint density at radius 2 is 1.72 bits per heavy atom. The maximum atomic E-state index is 12.6. The van der Waals surface area contributed by atoms with Crippen molar-refractivity contribution in [1.82, 2.24) is 15.5 Å². The fraction of sp³-hybridized carbons (Fsp3) is 0.615. The molecule has 0 aliphatic heterocycles. The van der Waals surface area contributed by atoms with E-state index >= 15 is 0 Å². The van der Waals surface area contributed by atoms with E-state index in [4.69, 9.17) is 5.73 Å². The van der Waals surface area contributed by atoms with Crippen LogP contribution in [0.5, 0.6) is 0 Å². The minimum Gasteiger partial charge on any atom is -0.479 e. The predicted molar refractivity (Wildman–Crippen MR) is 95.0 cm³/mol. The van der Waals surface area contributed by atoms with Crippen molar-refractivity contribution in [1.29, 1.82) is 0 Å². The number of hydrogen-bond donors (Lipinski definition) is 5. The third-order valence-corrected chi connectivity index (χ3v) is 4.40. The first kappa shape index (κ1) is 23.2. The van der Waals surface area contributed by atoms with Gasteiger partial charge in [0.05, 0.1) is 24.8 Å². The second-order valence-corrected chi connectivity index (χ2v) is 6.19. The molecule has 0 rings (SSSR count). The van der Waals surface area contributed by atoms with Gasteiger partial charge in [-0.1, -0.05) is 0 Å². The number of thioether (sulfide) groups is 1. The summed E-state index contributed by atoms with van der Waals surface area (Å²) in [4.78, 5) is 59.1. The number of aliphatic carboxylic acids is 1. The molecule has 12 heteroatoms. The maximum absolute atomic E-state index is 12.6. The van der Waals surface area contributed by atoms with Gasteiger partial charge in [-0.15, -0.1) is 11.8 Å². The van der Waals surface area contributed by atoms with Crippen molar-refractivity contribution in [2.75, 3.05) is 30.6 Å². The average Bonchev–Trinajstić information content (AvgIpc) is 2.53. The van der Waals surface area contributed by atoms with Crippen molar-refractivity contribution in [3.05, 3.63) is 0 Å². The summed E-state index contributed by atoms with van der Waals surface area (Å²) in [5, 5.41) is 14.4. The monoisotopic (exact) mass is 394 g/mol. The first-order valence-electron chi connectivity index (χ1n) is 7.08. The van der Waals surface area contributed by atoms with Gasteiger partial charge < -0.3 is 26.4 Å². The molecule has 0 aromatic carbocycles. The van der Waals surface area contributed by atoms with Crippen LogP contribution in [0.25, 0.3) is 0 Å². The van der Waals surface area contributed by atoms with Gasteiger partial charge in [0, 0.05) is 19.6 Å². The smallest absolute Gasteiger partial charge is 0.338 e. The average molecular weight is 394 g/mol. The largest absolute Gasteiger partial charge is 0.479 e. The predicted octanol–water partition coefficient (Wildman–Crippen LogP) is -1.98. The zero-order chi connectivity index (χ0) is 19.6. The number of carboxylic acid groups (broad SMARTS) is 1. The topological polar surface area (TPSA) is 159 Å². The molecular weight excluding hydrogens is 372 g/mol. The summed E-state index contributed by atoms with van der Waals surface area (Å²) in [7, 11) is 0. The molecule has 0 spiro atoms. The lowest BCUT2D eigenvalue weighted by atomic mass is 9.94. The van der Waals surface area contributed by atoms with E-state index in [2.05, 4.69) is 23.3 Å². The summed E-state index contributed by atoms with van der Waals surface area (Å²) in [6.45, 7) is 1.43. The number of carbonyl (C=O) groups is 5. The molecule has 25 heavy (non-hydrogen) atoms. The molecule has 10 nitrogen and oxygen atoms in total. The van der Waals surface area contributed by atoms with Gasteiger partial charge in [-0.2, -0.15) is 12.6 Å². The van der Waals surface area contributed by atoms with E-state index in [-0.39, 0.29) is 17.5 Å². The zero-order valence-electron chi connectivity index (χ0n) is 13.9. The number of hydrogen-bond acceptors (Lipinski definition) is 8. The van der Waals surface area contributed by atoms with E-state index in [9.17, 15) is 29.1 Å². The van der Waals surface area contributed by atoms with E-state index < -0.39 is 48.1 Å². The molecule has 0 fully saturated rings. The van der Waals surface area contributed by atoms with Crippen LogP contribution < -0.4 is 16.4 Å². The number of nitrogens with one attached hydrogen (secondary N) is 2. The minimum atomic E-state index is -2.29.